The quantitative estimate of drug-likeness (QED) is 0.898. The third-order valence-corrected chi connectivity index (χ3v) is 5.21. The van der Waals surface area contributed by atoms with Gasteiger partial charge in [0.2, 0.25) is 0 Å². The van der Waals surface area contributed by atoms with Gasteiger partial charge in [-0.25, -0.2) is 0 Å². The number of fused-ring (bicyclic) bond motifs is 2. The molecule has 1 aromatic rings. The normalized spacial score (nSPS) is 28.1. The monoisotopic (exact) mass is 287 g/mol. The number of anilines is 1. The molecule has 2 aliphatic heterocycles. The van der Waals surface area contributed by atoms with Crippen molar-refractivity contribution in [3.8, 4) is 0 Å². The van der Waals surface area contributed by atoms with Crippen LogP contribution in [0.2, 0.25) is 0 Å². The summed E-state index contributed by atoms with van der Waals surface area (Å²) in [4.78, 5) is 4.84. The largest absolute Gasteiger partial charge is 0.378 e. The fourth-order valence-electron chi connectivity index (χ4n) is 3.96. The van der Waals surface area contributed by atoms with Crippen molar-refractivity contribution in [2.75, 3.05) is 25.5 Å². The van der Waals surface area contributed by atoms with Gasteiger partial charge >= 0.3 is 0 Å². The van der Waals surface area contributed by atoms with Crippen LogP contribution in [0.15, 0.2) is 24.3 Å². The van der Waals surface area contributed by atoms with Gasteiger partial charge in [0.05, 0.1) is 0 Å². The molecule has 2 saturated heterocycles. The summed E-state index contributed by atoms with van der Waals surface area (Å²) in [6.45, 7) is 4.55. The molecule has 3 rings (SSSR count). The molecule has 0 spiro atoms. The molecule has 2 aliphatic rings. The van der Waals surface area contributed by atoms with Crippen LogP contribution in [0.3, 0.4) is 0 Å². The number of hydrogen-bond donors (Lipinski definition) is 1. The predicted molar refractivity (Wildman–Crippen MR) is 89.8 cm³/mol. The second kappa shape index (κ2) is 6.37. The number of nitrogens with zero attached hydrogens (tertiary/aromatic N) is 2. The lowest BCUT2D eigenvalue weighted by Gasteiger charge is -2.37. The van der Waals surface area contributed by atoms with Crippen LogP contribution in [-0.2, 0) is 6.54 Å². The Bertz CT molecular complexity index is 442. The van der Waals surface area contributed by atoms with E-state index in [9.17, 15) is 0 Å². The van der Waals surface area contributed by atoms with Gasteiger partial charge in [0.15, 0.2) is 0 Å². The molecule has 1 N–H and O–H groups in total. The second-order valence-corrected chi connectivity index (χ2v) is 6.89. The number of nitrogens with one attached hydrogen (secondary N) is 1. The van der Waals surface area contributed by atoms with Gasteiger partial charge in [-0.1, -0.05) is 19.1 Å². The molecular formula is C18H29N3. The Morgan fingerprint density at radius 2 is 1.67 bits per heavy atom. The Labute approximate surface area is 129 Å². The highest BCUT2D eigenvalue weighted by Crippen LogP contribution is 2.30. The average Bonchev–Trinajstić information content (AvgIpc) is 2.83. The van der Waals surface area contributed by atoms with E-state index in [1.165, 1.54) is 36.9 Å². The lowest BCUT2D eigenvalue weighted by atomic mass is 9.97. The Hall–Kier alpha value is -1.06. The summed E-state index contributed by atoms with van der Waals surface area (Å²) in [7, 11) is 4.19. The summed E-state index contributed by atoms with van der Waals surface area (Å²) in [5, 5.41) is 3.75. The first-order chi connectivity index (χ1) is 10.2. The van der Waals surface area contributed by atoms with Crippen molar-refractivity contribution in [3.63, 3.8) is 0 Å². The highest BCUT2D eigenvalue weighted by Gasteiger charge is 2.35. The molecule has 0 amide bonds. The van der Waals surface area contributed by atoms with E-state index in [-0.39, 0.29) is 0 Å². The molecule has 2 fully saturated rings. The zero-order valence-corrected chi connectivity index (χ0v) is 13.7. The van der Waals surface area contributed by atoms with Crippen LogP contribution in [0.1, 0.15) is 38.2 Å². The molecule has 2 unspecified atom stereocenters. The molecule has 2 heterocycles. The fraction of sp³-hybridized carbons (Fsp3) is 0.667. The molecular weight excluding hydrogens is 258 g/mol. The van der Waals surface area contributed by atoms with Crippen molar-refractivity contribution in [2.24, 2.45) is 0 Å². The Kier molecular flexibility index (Phi) is 4.51. The first-order valence-electron chi connectivity index (χ1n) is 8.42. The van der Waals surface area contributed by atoms with Gasteiger partial charge < -0.3 is 10.2 Å². The lowest BCUT2D eigenvalue weighted by Crippen LogP contribution is -2.47. The van der Waals surface area contributed by atoms with E-state index in [4.69, 9.17) is 0 Å². The molecule has 0 aliphatic carbocycles. The zero-order chi connectivity index (χ0) is 14.8. The summed E-state index contributed by atoms with van der Waals surface area (Å²) in [6.07, 6.45) is 5.44. The summed E-state index contributed by atoms with van der Waals surface area (Å²) >= 11 is 0. The van der Waals surface area contributed by atoms with Crippen LogP contribution in [0.25, 0.3) is 0 Å². The molecule has 1 aromatic carbocycles. The molecule has 2 atom stereocenters. The van der Waals surface area contributed by atoms with E-state index in [1.54, 1.807) is 0 Å². The Balaban J connectivity index is 1.64. The van der Waals surface area contributed by atoms with E-state index < -0.39 is 0 Å². The maximum Gasteiger partial charge on any atom is 0.0361 e. The van der Waals surface area contributed by atoms with Crippen molar-refractivity contribution in [2.45, 2.75) is 57.3 Å². The third kappa shape index (κ3) is 3.41. The van der Waals surface area contributed by atoms with Gasteiger partial charge in [-0.3, -0.25) is 4.90 Å². The molecule has 3 heteroatoms. The van der Waals surface area contributed by atoms with Gasteiger partial charge in [-0.15, -0.1) is 0 Å². The minimum absolute atomic E-state index is 0.766. The summed E-state index contributed by atoms with van der Waals surface area (Å²) in [5.41, 5.74) is 2.72. The van der Waals surface area contributed by atoms with Gasteiger partial charge in [0, 0.05) is 44.5 Å². The topological polar surface area (TPSA) is 18.5 Å². The van der Waals surface area contributed by atoms with E-state index >= 15 is 0 Å². The molecule has 116 valence electrons. The smallest absolute Gasteiger partial charge is 0.0361 e. The first-order valence-corrected chi connectivity index (χ1v) is 8.42. The van der Waals surface area contributed by atoms with E-state index in [1.807, 2.05) is 0 Å². The highest BCUT2D eigenvalue weighted by molar-refractivity contribution is 5.45. The van der Waals surface area contributed by atoms with E-state index in [2.05, 4.69) is 60.4 Å². The van der Waals surface area contributed by atoms with Crippen LogP contribution < -0.4 is 10.2 Å². The minimum atomic E-state index is 0.766. The average molecular weight is 287 g/mol. The van der Waals surface area contributed by atoms with Crippen LogP contribution in [-0.4, -0.2) is 43.7 Å². The predicted octanol–water partition coefficient (Wildman–Crippen LogP) is 2.86. The molecule has 3 nitrogen and oxygen atoms in total. The molecule has 0 aromatic heterocycles. The van der Waals surface area contributed by atoms with Crippen molar-refractivity contribution < 1.29 is 0 Å². The zero-order valence-electron chi connectivity index (χ0n) is 13.7. The van der Waals surface area contributed by atoms with Gasteiger partial charge in [-0.05, 0) is 49.9 Å². The van der Waals surface area contributed by atoms with Crippen LogP contribution in [0, 0.1) is 0 Å². The van der Waals surface area contributed by atoms with Crippen LogP contribution in [0.5, 0.6) is 0 Å². The van der Waals surface area contributed by atoms with Crippen molar-refractivity contribution >= 4 is 5.69 Å². The fourth-order valence-corrected chi connectivity index (χ4v) is 3.96. The Morgan fingerprint density at radius 3 is 2.19 bits per heavy atom. The third-order valence-electron chi connectivity index (χ3n) is 5.21. The van der Waals surface area contributed by atoms with Crippen LogP contribution >= 0.6 is 0 Å². The van der Waals surface area contributed by atoms with E-state index in [0.717, 1.165) is 31.2 Å². The molecule has 0 saturated carbocycles. The standard InChI is InChI=1S/C18H29N3/c1-4-21(18-11-15-7-8-16(12-18)19-15)13-14-5-9-17(10-6-14)20(2)3/h5-6,9-10,15-16,18-19H,4,7-8,11-13H2,1-3H3. The summed E-state index contributed by atoms with van der Waals surface area (Å²) in [5.74, 6) is 0. The summed E-state index contributed by atoms with van der Waals surface area (Å²) < 4.78 is 0. The number of hydrogen-bond acceptors (Lipinski definition) is 3. The second-order valence-electron chi connectivity index (χ2n) is 6.89. The molecule has 2 bridgehead atoms. The Morgan fingerprint density at radius 1 is 1.05 bits per heavy atom. The molecule has 21 heavy (non-hydrogen) atoms. The van der Waals surface area contributed by atoms with Crippen molar-refractivity contribution in [3.05, 3.63) is 29.8 Å². The number of benzene rings is 1. The van der Waals surface area contributed by atoms with Gasteiger partial charge in [0.25, 0.3) is 0 Å². The number of rotatable bonds is 5. The van der Waals surface area contributed by atoms with Crippen molar-refractivity contribution in [1.82, 2.24) is 10.2 Å². The van der Waals surface area contributed by atoms with Crippen molar-refractivity contribution in [1.29, 1.82) is 0 Å². The maximum atomic E-state index is 3.75. The SMILES string of the molecule is CCN(Cc1ccc(N(C)C)cc1)C1CC2CCC(C1)N2. The van der Waals surface area contributed by atoms with Gasteiger partial charge in [-0.2, -0.15) is 0 Å². The van der Waals surface area contributed by atoms with Crippen LogP contribution in [0.4, 0.5) is 5.69 Å². The van der Waals surface area contributed by atoms with E-state index in [0.29, 0.717) is 0 Å². The summed E-state index contributed by atoms with van der Waals surface area (Å²) in [6, 6.07) is 11.4. The number of piperidine rings is 1. The first kappa shape index (κ1) is 14.9. The maximum absolute atomic E-state index is 3.75. The molecule has 0 radical (unpaired) electrons. The highest BCUT2D eigenvalue weighted by atomic mass is 15.2. The van der Waals surface area contributed by atoms with Gasteiger partial charge in [0.1, 0.15) is 0 Å². The lowest BCUT2D eigenvalue weighted by molar-refractivity contribution is 0.141. The minimum Gasteiger partial charge on any atom is -0.378 e.